The third kappa shape index (κ3) is 4.47. The number of sulfonamides is 1. The molecule has 1 aromatic heterocycles. The lowest BCUT2D eigenvalue weighted by Crippen LogP contribution is -2.20. The maximum Gasteiger partial charge on any atom is 0.271 e. The highest BCUT2D eigenvalue weighted by Crippen LogP contribution is 2.22. The molecule has 2 aromatic rings. The average Bonchev–Trinajstić information content (AvgIpc) is 3.04. The maximum atomic E-state index is 12.1. The molecule has 22 heavy (non-hydrogen) atoms. The van der Waals surface area contributed by atoms with Gasteiger partial charge in [0.2, 0.25) is 5.91 Å². The summed E-state index contributed by atoms with van der Waals surface area (Å²) < 4.78 is 32.3. The topological polar surface area (TPSA) is 84.5 Å². The highest BCUT2D eigenvalue weighted by atomic mass is 32.2. The molecule has 8 heteroatoms. The van der Waals surface area contributed by atoms with E-state index in [2.05, 4.69) is 10.0 Å². The largest absolute Gasteiger partial charge is 0.493 e. The number of carbonyl (C=O) groups is 1. The smallest absolute Gasteiger partial charge is 0.271 e. The van der Waals surface area contributed by atoms with Gasteiger partial charge in [-0.05, 0) is 35.7 Å². The zero-order valence-corrected chi connectivity index (χ0v) is 13.5. The third-order valence-corrected chi connectivity index (χ3v) is 5.52. The molecule has 0 bridgehead atoms. The number of ether oxygens (including phenoxy) is 1. The monoisotopic (exact) mass is 340 g/mol. The van der Waals surface area contributed by atoms with Gasteiger partial charge in [-0.15, -0.1) is 11.3 Å². The van der Waals surface area contributed by atoms with E-state index in [-0.39, 0.29) is 23.1 Å². The fourth-order valence-corrected chi connectivity index (χ4v) is 3.68. The molecule has 0 unspecified atom stereocenters. The Morgan fingerprint density at radius 2 is 1.95 bits per heavy atom. The van der Waals surface area contributed by atoms with Gasteiger partial charge in [-0.2, -0.15) is 0 Å². The SMILES string of the molecule is CNC(=O)CCOc1ccc(NS(=O)(=O)c2cccs2)cc1. The molecule has 1 amide bonds. The average molecular weight is 340 g/mol. The fraction of sp³-hybridized carbons (Fsp3) is 0.214. The standard InChI is InChI=1S/C14H16N2O4S2/c1-15-13(17)8-9-20-12-6-4-11(5-7-12)16-22(18,19)14-3-2-10-21-14/h2-7,10,16H,8-9H2,1H3,(H,15,17). The van der Waals surface area contributed by atoms with E-state index in [1.165, 1.54) is 0 Å². The number of benzene rings is 1. The van der Waals surface area contributed by atoms with E-state index >= 15 is 0 Å². The van der Waals surface area contributed by atoms with Crippen LogP contribution < -0.4 is 14.8 Å². The molecule has 118 valence electrons. The minimum Gasteiger partial charge on any atom is -0.493 e. The van der Waals surface area contributed by atoms with Gasteiger partial charge in [0.1, 0.15) is 9.96 Å². The summed E-state index contributed by atoms with van der Waals surface area (Å²) in [6, 6.07) is 9.75. The molecular formula is C14H16N2O4S2. The van der Waals surface area contributed by atoms with Crippen LogP contribution in [-0.2, 0) is 14.8 Å². The molecule has 1 aromatic carbocycles. The van der Waals surface area contributed by atoms with Crippen molar-refractivity contribution >= 4 is 33.0 Å². The summed E-state index contributed by atoms with van der Waals surface area (Å²) in [5.41, 5.74) is 0.451. The second-order valence-electron chi connectivity index (χ2n) is 4.33. The first-order valence-electron chi connectivity index (χ1n) is 6.51. The second-order valence-corrected chi connectivity index (χ2v) is 7.19. The maximum absolute atomic E-state index is 12.1. The van der Waals surface area contributed by atoms with Crippen LogP contribution in [0.2, 0.25) is 0 Å². The Morgan fingerprint density at radius 3 is 2.55 bits per heavy atom. The first-order chi connectivity index (χ1) is 10.5. The first kappa shape index (κ1) is 16.3. The minimum atomic E-state index is -3.54. The van der Waals surface area contributed by atoms with Crippen LogP contribution >= 0.6 is 11.3 Å². The summed E-state index contributed by atoms with van der Waals surface area (Å²) in [6.07, 6.45) is 0.267. The summed E-state index contributed by atoms with van der Waals surface area (Å²) in [4.78, 5) is 11.1. The van der Waals surface area contributed by atoms with E-state index < -0.39 is 10.0 Å². The zero-order valence-electron chi connectivity index (χ0n) is 11.9. The Labute approximate surface area is 133 Å². The van der Waals surface area contributed by atoms with Gasteiger partial charge in [0.05, 0.1) is 13.0 Å². The Hall–Kier alpha value is -2.06. The number of hydrogen-bond acceptors (Lipinski definition) is 5. The van der Waals surface area contributed by atoms with Crippen molar-refractivity contribution in [3.8, 4) is 5.75 Å². The molecule has 1 heterocycles. The first-order valence-corrected chi connectivity index (χ1v) is 8.87. The molecule has 0 aliphatic heterocycles. The van der Waals surface area contributed by atoms with Crippen molar-refractivity contribution in [2.75, 3.05) is 18.4 Å². The van der Waals surface area contributed by atoms with Crippen LogP contribution in [0.4, 0.5) is 5.69 Å². The fourth-order valence-electron chi connectivity index (χ4n) is 1.63. The van der Waals surface area contributed by atoms with E-state index in [0.29, 0.717) is 11.4 Å². The summed E-state index contributed by atoms with van der Waals surface area (Å²) in [5, 5.41) is 4.21. The summed E-state index contributed by atoms with van der Waals surface area (Å²) in [7, 11) is -1.97. The Balaban J connectivity index is 1.93. The lowest BCUT2D eigenvalue weighted by molar-refractivity contribution is -0.121. The molecule has 0 spiro atoms. The van der Waals surface area contributed by atoms with Gasteiger partial charge in [0.25, 0.3) is 10.0 Å². The number of anilines is 1. The predicted molar refractivity (Wildman–Crippen MR) is 85.7 cm³/mol. The minimum absolute atomic E-state index is 0.0969. The summed E-state index contributed by atoms with van der Waals surface area (Å²) in [6.45, 7) is 0.264. The van der Waals surface area contributed by atoms with Crippen LogP contribution in [0.25, 0.3) is 0 Å². The van der Waals surface area contributed by atoms with Crippen LogP contribution in [0, 0.1) is 0 Å². The van der Waals surface area contributed by atoms with Crippen molar-refractivity contribution in [1.29, 1.82) is 0 Å². The lowest BCUT2D eigenvalue weighted by Gasteiger charge is -2.08. The van der Waals surface area contributed by atoms with Crippen molar-refractivity contribution in [3.63, 3.8) is 0 Å². The molecule has 0 atom stereocenters. The molecule has 0 fully saturated rings. The van der Waals surface area contributed by atoms with Gasteiger partial charge in [-0.3, -0.25) is 9.52 Å². The molecular weight excluding hydrogens is 324 g/mol. The number of thiophene rings is 1. The Kier molecular flexibility index (Phi) is 5.40. The van der Waals surface area contributed by atoms with Crippen LogP contribution in [0.5, 0.6) is 5.75 Å². The molecule has 6 nitrogen and oxygen atoms in total. The normalized spacial score (nSPS) is 11.0. The second kappa shape index (κ2) is 7.28. The molecule has 0 saturated heterocycles. The van der Waals surface area contributed by atoms with Crippen molar-refractivity contribution in [1.82, 2.24) is 5.32 Å². The number of hydrogen-bond donors (Lipinski definition) is 2. The van der Waals surface area contributed by atoms with E-state index in [1.807, 2.05) is 0 Å². The van der Waals surface area contributed by atoms with Crippen molar-refractivity contribution in [2.24, 2.45) is 0 Å². The van der Waals surface area contributed by atoms with Crippen LogP contribution in [0.3, 0.4) is 0 Å². The molecule has 2 N–H and O–H groups in total. The summed E-state index contributed by atoms with van der Waals surface area (Å²) >= 11 is 1.16. The van der Waals surface area contributed by atoms with Crippen LogP contribution in [0.1, 0.15) is 6.42 Å². The van der Waals surface area contributed by atoms with E-state index in [4.69, 9.17) is 4.74 Å². The molecule has 0 aliphatic carbocycles. The predicted octanol–water partition coefficient (Wildman–Crippen LogP) is 2.06. The molecule has 0 saturated carbocycles. The number of amides is 1. The van der Waals surface area contributed by atoms with Gasteiger partial charge in [0, 0.05) is 12.7 Å². The van der Waals surface area contributed by atoms with Crippen LogP contribution in [0.15, 0.2) is 46.0 Å². The van der Waals surface area contributed by atoms with Gasteiger partial charge < -0.3 is 10.1 Å². The third-order valence-electron chi connectivity index (χ3n) is 2.74. The van der Waals surface area contributed by atoms with Gasteiger partial charge in [0.15, 0.2) is 0 Å². The molecule has 2 rings (SSSR count). The number of nitrogens with one attached hydrogen (secondary N) is 2. The van der Waals surface area contributed by atoms with Gasteiger partial charge >= 0.3 is 0 Å². The quantitative estimate of drug-likeness (QED) is 0.808. The number of carbonyl (C=O) groups excluding carboxylic acids is 1. The number of rotatable bonds is 7. The van der Waals surface area contributed by atoms with Gasteiger partial charge in [-0.1, -0.05) is 6.07 Å². The van der Waals surface area contributed by atoms with E-state index in [9.17, 15) is 13.2 Å². The summed E-state index contributed by atoms with van der Waals surface area (Å²) in [5.74, 6) is 0.475. The van der Waals surface area contributed by atoms with E-state index in [0.717, 1.165) is 11.3 Å². The molecule has 0 radical (unpaired) electrons. The Morgan fingerprint density at radius 1 is 1.23 bits per heavy atom. The van der Waals surface area contributed by atoms with Gasteiger partial charge in [-0.25, -0.2) is 8.42 Å². The highest BCUT2D eigenvalue weighted by molar-refractivity contribution is 7.94. The van der Waals surface area contributed by atoms with Crippen LogP contribution in [-0.4, -0.2) is 28.0 Å². The van der Waals surface area contributed by atoms with Crippen molar-refractivity contribution < 1.29 is 17.9 Å². The zero-order chi connectivity index (χ0) is 16.0. The Bertz CT molecular complexity index is 710. The van der Waals surface area contributed by atoms with Crippen molar-refractivity contribution in [2.45, 2.75) is 10.6 Å². The lowest BCUT2D eigenvalue weighted by atomic mass is 10.3. The van der Waals surface area contributed by atoms with E-state index in [1.54, 1.807) is 48.8 Å². The van der Waals surface area contributed by atoms with Crippen molar-refractivity contribution in [3.05, 3.63) is 41.8 Å². The molecule has 0 aliphatic rings. The highest BCUT2D eigenvalue weighted by Gasteiger charge is 2.14.